The molecule has 0 unspecified atom stereocenters. The van der Waals surface area contributed by atoms with Crippen molar-refractivity contribution in [2.45, 2.75) is 0 Å². The Hall–Kier alpha value is -0.100. The van der Waals surface area contributed by atoms with Gasteiger partial charge in [-0.3, -0.25) is 4.79 Å². The number of hydrogen-bond donors (Lipinski definition) is 0. The first-order chi connectivity index (χ1) is 5.69. The van der Waals surface area contributed by atoms with E-state index in [1.807, 2.05) is 6.07 Å². The van der Waals surface area contributed by atoms with Crippen molar-refractivity contribution in [2.75, 3.05) is 7.11 Å². The van der Waals surface area contributed by atoms with Gasteiger partial charge in [0.2, 0.25) is 0 Å². The molecule has 1 aromatic carbocycles. The van der Waals surface area contributed by atoms with Crippen LogP contribution in [-0.4, -0.2) is 13.4 Å². The van der Waals surface area contributed by atoms with Gasteiger partial charge >= 0.3 is 0 Å². The molecule has 0 bridgehead atoms. The van der Waals surface area contributed by atoms with Gasteiger partial charge in [-0.25, -0.2) is 0 Å². The Morgan fingerprint density at radius 1 is 1.58 bits per heavy atom. The monoisotopic (exact) mass is 340 g/mol. The van der Waals surface area contributed by atoms with Gasteiger partial charge in [0, 0.05) is 10.0 Å². The number of rotatable bonds is 2. The van der Waals surface area contributed by atoms with E-state index in [0.29, 0.717) is 5.56 Å². The molecule has 0 atom stereocenters. The summed E-state index contributed by atoms with van der Waals surface area (Å²) in [5, 5.41) is 0. The molecule has 0 heterocycles. The van der Waals surface area contributed by atoms with Crippen LogP contribution in [-0.2, 0) is 0 Å². The highest BCUT2D eigenvalue weighted by atomic mass is 127. The third kappa shape index (κ3) is 1.98. The van der Waals surface area contributed by atoms with Crippen LogP contribution in [0.4, 0.5) is 0 Å². The highest BCUT2D eigenvalue weighted by Crippen LogP contribution is 2.27. The maximum atomic E-state index is 10.5. The molecule has 64 valence electrons. The lowest BCUT2D eigenvalue weighted by Gasteiger charge is -2.04. The first kappa shape index (κ1) is 9.98. The lowest BCUT2D eigenvalue weighted by Crippen LogP contribution is -1.90. The van der Waals surface area contributed by atoms with Gasteiger partial charge in [0.1, 0.15) is 5.75 Å². The highest BCUT2D eigenvalue weighted by molar-refractivity contribution is 14.1. The highest BCUT2D eigenvalue weighted by Gasteiger charge is 2.05. The summed E-state index contributed by atoms with van der Waals surface area (Å²) in [5.74, 6) is 0.723. The number of methoxy groups -OCH3 is 1. The van der Waals surface area contributed by atoms with Gasteiger partial charge < -0.3 is 4.74 Å². The molecule has 0 aromatic heterocycles. The lowest BCUT2D eigenvalue weighted by atomic mass is 10.2. The van der Waals surface area contributed by atoms with E-state index >= 15 is 0 Å². The van der Waals surface area contributed by atoms with Gasteiger partial charge in [-0.1, -0.05) is 15.9 Å². The van der Waals surface area contributed by atoms with Crippen molar-refractivity contribution in [3.8, 4) is 5.75 Å². The van der Waals surface area contributed by atoms with Gasteiger partial charge in [-0.2, -0.15) is 0 Å². The fourth-order valence-electron chi connectivity index (χ4n) is 0.792. The Balaban J connectivity index is 3.26. The molecule has 12 heavy (non-hydrogen) atoms. The summed E-state index contributed by atoms with van der Waals surface area (Å²) in [5.41, 5.74) is 0.604. The van der Waals surface area contributed by atoms with Crippen molar-refractivity contribution in [1.29, 1.82) is 0 Å². The standard InChI is InChI=1S/C8H6BrIO2/c1-12-8-2-5(4-11)6(9)3-7(8)10/h2-4H,1H3. The summed E-state index contributed by atoms with van der Waals surface area (Å²) in [6, 6.07) is 3.56. The number of hydrogen-bond acceptors (Lipinski definition) is 2. The average molecular weight is 341 g/mol. The van der Waals surface area contributed by atoms with E-state index in [-0.39, 0.29) is 0 Å². The van der Waals surface area contributed by atoms with Gasteiger partial charge in [0.05, 0.1) is 10.7 Å². The molecule has 2 nitrogen and oxygen atoms in total. The molecule has 0 aliphatic heterocycles. The molecular weight excluding hydrogens is 335 g/mol. The second kappa shape index (κ2) is 4.23. The molecule has 1 rings (SSSR count). The number of ether oxygens (including phenoxy) is 1. The minimum absolute atomic E-state index is 0.604. The number of halogens is 2. The van der Waals surface area contributed by atoms with E-state index in [1.54, 1.807) is 13.2 Å². The molecule has 0 spiro atoms. The molecule has 4 heteroatoms. The van der Waals surface area contributed by atoms with Crippen molar-refractivity contribution >= 4 is 44.8 Å². The molecule has 0 amide bonds. The Morgan fingerprint density at radius 2 is 2.25 bits per heavy atom. The zero-order chi connectivity index (χ0) is 9.14. The second-order valence-corrected chi connectivity index (χ2v) is 4.14. The van der Waals surface area contributed by atoms with Crippen LogP contribution >= 0.6 is 38.5 Å². The summed E-state index contributed by atoms with van der Waals surface area (Å²) in [4.78, 5) is 10.5. The summed E-state index contributed by atoms with van der Waals surface area (Å²) < 4.78 is 6.83. The maximum Gasteiger partial charge on any atom is 0.151 e. The number of carbonyl (C=O) groups is 1. The predicted molar refractivity (Wildman–Crippen MR) is 58.8 cm³/mol. The lowest BCUT2D eigenvalue weighted by molar-refractivity contribution is 0.112. The van der Waals surface area contributed by atoms with Gasteiger partial charge in [0.25, 0.3) is 0 Å². The van der Waals surface area contributed by atoms with Crippen molar-refractivity contribution in [2.24, 2.45) is 0 Å². The Labute approximate surface area is 92.6 Å². The molecule has 0 N–H and O–H groups in total. The van der Waals surface area contributed by atoms with Crippen molar-refractivity contribution in [3.05, 3.63) is 25.7 Å². The van der Waals surface area contributed by atoms with Crippen LogP contribution < -0.4 is 4.74 Å². The summed E-state index contributed by atoms with van der Waals surface area (Å²) in [6.07, 6.45) is 0.794. The Bertz CT molecular complexity index is 312. The molecule has 0 aliphatic rings. The van der Waals surface area contributed by atoms with Gasteiger partial charge in [0.15, 0.2) is 6.29 Å². The topological polar surface area (TPSA) is 26.3 Å². The Kier molecular flexibility index (Phi) is 3.52. The van der Waals surface area contributed by atoms with Crippen LogP contribution in [0, 0.1) is 3.57 Å². The van der Waals surface area contributed by atoms with E-state index in [0.717, 1.165) is 20.1 Å². The minimum Gasteiger partial charge on any atom is -0.496 e. The van der Waals surface area contributed by atoms with Gasteiger partial charge in [-0.05, 0) is 34.7 Å². The summed E-state index contributed by atoms with van der Waals surface area (Å²) >= 11 is 5.43. The zero-order valence-electron chi connectivity index (χ0n) is 6.30. The molecule has 0 saturated heterocycles. The molecule has 0 fully saturated rings. The second-order valence-electron chi connectivity index (χ2n) is 2.13. The average Bonchev–Trinajstić information content (AvgIpc) is 2.05. The quantitative estimate of drug-likeness (QED) is 0.611. The number of aldehydes is 1. The molecule has 0 radical (unpaired) electrons. The fraction of sp³-hybridized carbons (Fsp3) is 0.125. The molecule has 1 aromatic rings. The van der Waals surface area contributed by atoms with Crippen LogP contribution in [0.5, 0.6) is 5.75 Å². The SMILES string of the molecule is COc1cc(C=O)c(Br)cc1I. The third-order valence-corrected chi connectivity index (χ3v) is 2.93. The third-order valence-electron chi connectivity index (χ3n) is 1.40. The van der Waals surface area contributed by atoms with E-state index < -0.39 is 0 Å². The van der Waals surface area contributed by atoms with E-state index in [9.17, 15) is 4.79 Å². The van der Waals surface area contributed by atoms with Crippen LogP contribution in [0.1, 0.15) is 10.4 Å². The first-order valence-corrected chi connectivity index (χ1v) is 5.04. The normalized spacial score (nSPS) is 9.58. The van der Waals surface area contributed by atoms with E-state index in [1.165, 1.54) is 0 Å². The summed E-state index contributed by atoms with van der Waals surface area (Å²) in [7, 11) is 1.58. The number of benzene rings is 1. The Morgan fingerprint density at radius 3 is 2.75 bits per heavy atom. The summed E-state index contributed by atoms with van der Waals surface area (Å²) in [6.45, 7) is 0. The van der Waals surface area contributed by atoms with E-state index in [4.69, 9.17) is 4.74 Å². The maximum absolute atomic E-state index is 10.5. The molecular formula is C8H6BrIO2. The van der Waals surface area contributed by atoms with Crippen molar-refractivity contribution in [3.63, 3.8) is 0 Å². The van der Waals surface area contributed by atoms with E-state index in [2.05, 4.69) is 38.5 Å². The van der Waals surface area contributed by atoms with Crippen molar-refractivity contribution in [1.82, 2.24) is 0 Å². The fourth-order valence-corrected chi connectivity index (χ4v) is 2.34. The van der Waals surface area contributed by atoms with Gasteiger partial charge in [-0.15, -0.1) is 0 Å². The zero-order valence-corrected chi connectivity index (χ0v) is 10.0. The number of carbonyl (C=O) groups excluding carboxylic acids is 1. The molecule has 0 saturated carbocycles. The van der Waals surface area contributed by atoms with Crippen LogP contribution in [0.3, 0.4) is 0 Å². The van der Waals surface area contributed by atoms with Crippen LogP contribution in [0.25, 0.3) is 0 Å². The predicted octanol–water partition coefficient (Wildman–Crippen LogP) is 2.87. The smallest absolute Gasteiger partial charge is 0.151 e. The largest absolute Gasteiger partial charge is 0.496 e. The molecule has 0 aliphatic carbocycles. The van der Waals surface area contributed by atoms with Crippen molar-refractivity contribution < 1.29 is 9.53 Å². The minimum atomic E-state index is 0.604. The van der Waals surface area contributed by atoms with Crippen LogP contribution in [0.15, 0.2) is 16.6 Å². The van der Waals surface area contributed by atoms with Crippen LogP contribution in [0.2, 0.25) is 0 Å². The first-order valence-electron chi connectivity index (χ1n) is 3.17.